The molecule has 2 unspecified atom stereocenters. The van der Waals surface area contributed by atoms with Gasteiger partial charge < -0.3 is 9.88 Å². The molecule has 98 valence electrons. The van der Waals surface area contributed by atoms with Crippen LogP contribution in [0, 0.1) is 5.92 Å². The molecule has 1 saturated carbocycles. The monoisotopic (exact) mass is 310 g/mol. The summed E-state index contributed by atoms with van der Waals surface area (Å²) in [4.78, 5) is 17.7. The van der Waals surface area contributed by atoms with Gasteiger partial charge in [-0.2, -0.15) is 0 Å². The van der Waals surface area contributed by atoms with Crippen LogP contribution in [0.25, 0.3) is 0 Å². The lowest BCUT2D eigenvalue weighted by Crippen LogP contribution is -2.49. The number of hydrogen-bond acceptors (Lipinski definition) is 1. The van der Waals surface area contributed by atoms with Crippen molar-refractivity contribution in [2.45, 2.75) is 44.6 Å². The number of fused-ring (bicyclic) bond motifs is 1. The highest BCUT2D eigenvalue weighted by molar-refractivity contribution is 9.10. The zero-order valence-corrected chi connectivity index (χ0v) is 12.1. The van der Waals surface area contributed by atoms with Crippen LogP contribution in [0.4, 0.5) is 0 Å². The van der Waals surface area contributed by atoms with Gasteiger partial charge in [0.15, 0.2) is 0 Å². The molecule has 3 rings (SSSR count). The van der Waals surface area contributed by atoms with Crippen LogP contribution in [0.15, 0.2) is 16.7 Å². The zero-order valence-electron chi connectivity index (χ0n) is 10.5. The predicted octanol–water partition coefficient (Wildman–Crippen LogP) is 3.57. The summed E-state index contributed by atoms with van der Waals surface area (Å²) in [5, 5.41) is 0. The van der Waals surface area contributed by atoms with Crippen molar-refractivity contribution in [1.29, 1.82) is 0 Å². The lowest BCUT2D eigenvalue weighted by molar-refractivity contribution is 0.0386. The number of halogens is 1. The maximum Gasteiger partial charge on any atom is 0.270 e. The molecule has 18 heavy (non-hydrogen) atoms. The van der Waals surface area contributed by atoms with E-state index in [4.69, 9.17) is 0 Å². The van der Waals surface area contributed by atoms with E-state index in [2.05, 4.69) is 25.8 Å². The van der Waals surface area contributed by atoms with Gasteiger partial charge in [-0.15, -0.1) is 0 Å². The molecule has 1 aliphatic carbocycles. The van der Waals surface area contributed by atoms with E-state index in [9.17, 15) is 4.79 Å². The lowest BCUT2D eigenvalue weighted by Gasteiger charge is -2.44. The maximum atomic E-state index is 12.5. The number of H-pyrrole nitrogens is 1. The van der Waals surface area contributed by atoms with Gasteiger partial charge in [-0.3, -0.25) is 4.79 Å². The molecule has 2 heterocycles. The number of piperidine rings is 1. The van der Waals surface area contributed by atoms with Crippen molar-refractivity contribution in [2.75, 3.05) is 6.54 Å². The molecule has 2 aliphatic rings. The van der Waals surface area contributed by atoms with Gasteiger partial charge in [-0.05, 0) is 53.6 Å². The standard InChI is InChI=1S/C14H19BrN2O/c15-11-8-12(16-9-11)14(18)17-7-3-5-10-4-1-2-6-13(10)17/h8-10,13,16H,1-7H2. The van der Waals surface area contributed by atoms with Gasteiger partial charge in [0.1, 0.15) is 5.69 Å². The first-order valence-electron chi connectivity index (χ1n) is 6.90. The molecule has 1 saturated heterocycles. The molecule has 2 atom stereocenters. The second-order valence-electron chi connectivity index (χ2n) is 5.48. The summed E-state index contributed by atoms with van der Waals surface area (Å²) in [5.74, 6) is 0.923. The Labute approximate surface area is 116 Å². The molecular weight excluding hydrogens is 292 g/mol. The molecule has 2 fully saturated rings. The first kappa shape index (κ1) is 12.3. The summed E-state index contributed by atoms with van der Waals surface area (Å²) < 4.78 is 0.947. The Kier molecular flexibility index (Phi) is 3.46. The highest BCUT2D eigenvalue weighted by atomic mass is 79.9. The molecule has 0 spiro atoms. The summed E-state index contributed by atoms with van der Waals surface area (Å²) in [6.45, 7) is 0.927. The SMILES string of the molecule is O=C(c1cc(Br)c[nH]1)N1CCCC2CCCCC21. The molecule has 0 bridgehead atoms. The van der Waals surface area contributed by atoms with E-state index < -0.39 is 0 Å². The summed E-state index contributed by atoms with van der Waals surface area (Å²) in [6.07, 6.45) is 9.42. The minimum absolute atomic E-state index is 0.178. The quantitative estimate of drug-likeness (QED) is 0.845. The fourth-order valence-electron chi connectivity index (χ4n) is 3.52. The number of aromatic amines is 1. The van der Waals surface area contributed by atoms with Crippen molar-refractivity contribution in [3.05, 3.63) is 22.4 Å². The highest BCUT2D eigenvalue weighted by Crippen LogP contribution is 2.35. The van der Waals surface area contributed by atoms with Gasteiger partial charge in [0.25, 0.3) is 5.91 Å². The van der Waals surface area contributed by atoms with Crippen molar-refractivity contribution in [3.8, 4) is 0 Å². The number of aromatic nitrogens is 1. The Morgan fingerprint density at radius 3 is 2.83 bits per heavy atom. The van der Waals surface area contributed by atoms with E-state index in [0.717, 1.165) is 23.4 Å². The Balaban J connectivity index is 1.79. The van der Waals surface area contributed by atoms with Crippen molar-refractivity contribution < 1.29 is 4.79 Å². The molecule has 1 aromatic heterocycles. The molecule has 0 aromatic carbocycles. The van der Waals surface area contributed by atoms with Crippen LogP contribution in [0.5, 0.6) is 0 Å². The van der Waals surface area contributed by atoms with Crippen LogP contribution < -0.4 is 0 Å². The van der Waals surface area contributed by atoms with E-state index in [1.54, 1.807) is 0 Å². The largest absolute Gasteiger partial charge is 0.356 e. The van der Waals surface area contributed by atoms with E-state index >= 15 is 0 Å². The van der Waals surface area contributed by atoms with Crippen molar-refractivity contribution in [2.24, 2.45) is 5.92 Å². The average Bonchev–Trinajstić information content (AvgIpc) is 2.84. The van der Waals surface area contributed by atoms with Gasteiger partial charge in [0.2, 0.25) is 0 Å². The smallest absolute Gasteiger partial charge is 0.270 e. The molecule has 1 aromatic rings. The van der Waals surface area contributed by atoms with Gasteiger partial charge >= 0.3 is 0 Å². The van der Waals surface area contributed by atoms with E-state index in [0.29, 0.717) is 11.7 Å². The number of amides is 1. The van der Waals surface area contributed by atoms with Crippen LogP contribution in [-0.2, 0) is 0 Å². The average molecular weight is 311 g/mol. The van der Waals surface area contributed by atoms with E-state index in [-0.39, 0.29) is 5.91 Å². The lowest BCUT2D eigenvalue weighted by atomic mass is 9.78. The minimum Gasteiger partial charge on any atom is -0.356 e. The van der Waals surface area contributed by atoms with Crippen LogP contribution in [0.3, 0.4) is 0 Å². The minimum atomic E-state index is 0.178. The number of carbonyl (C=O) groups excluding carboxylic acids is 1. The van der Waals surface area contributed by atoms with Crippen LogP contribution in [0.1, 0.15) is 49.0 Å². The number of rotatable bonds is 1. The Hall–Kier alpha value is -0.770. The first-order chi connectivity index (χ1) is 8.75. The molecule has 1 amide bonds. The maximum absolute atomic E-state index is 12.5. The Morgan fingerprint density at radius 2 is 2.06 bits per heavy atom. The third kappa shape index (κ3) is 2.22. The second-order valence-corrected chi connectivity index (χ2v) is 6.40. The first-order valence-corrected chi connectivity index (χ1v) is 7.70. The van der Waals surface area contributed by atoms with Crippen molar-refractivity contribution in [3.63, 3.8) is 0 Å². The summed E-state index contributed by atoms with van der Waals surface area (Å²) in [6, 6.07) is 2.37. The zero-order chi connectivity index (χ0) is 12.5. The normalized spacial score (nSPS) is 27.9. The van der Waals surface area contributed by atoms with Gasteiger partial charge in [0.05, 0.1) is 0 Å². The third-order valence-corrected chi connectivity index (χ3v) is 4.84. The molecule has 1 aliphatic heterocycles. The number of nitrogens with one attached hydrogen (secondary N) is 1. The molecule has 3 nitrogen and oxygen atoms in total. The van der Waals surface area contributed by atoms with Crippen LogP contribution >= 0.6 is 15.9 Å². The van der Waals surface area contributed by atoms with Crippen molar-refractivity contribution >= 4 is 21.8 Å². The van der Waals surface area contributed by atoms with Crippen LogP contribution in [-0.4, -0.2) is 28.4 Å². The number of hydrogen-bond donors (Lipinski definition) is 1. The summed E-state index contributed by atoms with van der Waals surface area (Å²) in [5.41, 5.74) is 0.716. The number of carbonyl (C=O) groups is 1. The third-order valence-electron chi connectivity index (χ3n) is 4.38. The molecular formula is C14H19BrN2O. The van der Waals surface area contributed by atoms with Gasteiger partial charge in [-0.1, -0.05) is 12.8 Å². The van der Waals surface area contributed by atoms with Gasteiger partial charge in [-0.25, -0.2) is 0 Å². The fourth-order valence-corrected chi connectivity index (χ4v) is 3.87. The molecule has 0 radical (unpaired) electrons. The topological polar surface area (TPSA) is 36.1 Å². The summed E-state index contributed by atoms with van der Waals surface area (Å²) in [7, 11) is 0. The Bertz CT molecular complexity index is 441. The Morgan fingerprint density at radius 1 is 1.28 bits per heavy atom. The predicted molar refractivity (Wildman–Crippen MR) is 74.5 cm³/mol. The van der Waals surface area contributed by atoms with E-state index in [1.807, 2.05) is 12.3 Å². The highest BCUT2D eigenvalue weighted by Gasteiger charge is 2.36. The van der Waals surface area contributed by atoms with Crippen LogP contribution in [0.2, 0.25) is 0 Å². The molecule has 1 N–H and O–H groups in total. The van der Waals surface area contributed by atoms with Crippen molar-refractivity contribution in [1.82, 2.24) is 9.88 Å². The fraction of sp³-hybridized carbons (Fsp3) is 0.643. The number of likely N-dealkylation sites (tertiary alicyclic amines) is 1. The molecule has 4 heteroatoms. The summed E-state index contributed by atoms with van der Waals surface area (Å²) >= 11 is 3.39. The second kappa shape index (κ2) is 5.08. The number of nitrogens with zero attached hydrogens (tertiary/aromatic N) is 1. The van der Waals surface area contributed by atoms with E-state index in [1.165, 1.54) is 32.1 Å². The van der Waals surface area contributed by atoms with Gasteiger partial charge in [0, 0.05) is 23.3 Å².